The van der Waals surface area contributed by atoms with Gasteiger partial charge < -0.3 is 25.0 Å². The van der Waals surface area contributed by atoms with E-state index in [2.05, 4.69) is 15.5 Å². The molecule has 0 bridgehead atoms. The molecule has 0 aliphatic carbocycles. The Kier molecular flexibility index (Phi) is 7.68. The Morgan fingerprint density at radius 2 is 1.70 bits per heavy atom. The molecular weight excluding hydrogens is 382 g/mol. The van der Waals surface area contributed by atoms with Crippen molar-refractivity contribution in [2.75, 3.05) is 45.4 Å². The number of rotatable bonds is 8. The first kappa shape index (κ1) is 21.6. The lowest BCUT2D eigenvalue weighted by Gasteiger charge is -2.35. The van der Waals surface area contributed by atoms with Crippen LogP contribution >= 0.6 is 0 Å². The van der Waals surface area contributed by atoms with E-state index < -0.39 is 0 Å². The van der Waals surface area contributed by atoms with Crippen molar-refractivity contribution in [1.29, 1.82) is 0 Å². The van der Waals surface area contributed by atoms with E-state index in [9.17, 15) is 9.59 Å². The molecule has 2 amide bonds. The van der Waals surface area contributed by atoms with Crippen LogP contribution in [0.25, 0.3) is 0 Å². The van der Waals surface area contributed by atoms with Crippen LogP contribution in [0.2, 0.25) is 0 Å². The number of anilines is 1. The monoisotopic (exact) mass is 411 g/mol. The summed E-state index contributed by atoms with van der Waals surface area (Å²) in [4.78, 5) is 27.2. The van der Waals surface area contributed by atoms with Crippen molar-refractivity contribution in [2.24, 2.45) is 0 Å². The van der Waals surface area contributed by atoms with Crippen LogP contribution in [-0.2, 0) is 4.74 Å². The zero-order valence-corrected chi connectivity index (χ0v) is 17.5. The number of carbonyl (C=O) groups is 2. The Hall–Kier alpha value is -3.06. The van der Waals surface area contributed by atoms with E-state index >= 15 is 0 Å². The zero-order valence-electron chi connectivity index (χ0n) is 17.5. The summed E-state index contributed by atoms with van der Waals surface area (Å²) in [5, 5.41) is 6.00. The number of carbonyl (C=O) groups excluding carboxylic acids is 2. The Labute approximate surface area is 177 Å². The van der Waals surface area contributed by atoms with Gasteiger partial charge in [0.2, 0.25) is 0 Å². The second kappa shape index (κ2) is 10.6. The third kappa shape index (κ3) is 5.51. The average molecular weight is 412 g/mol. The molecule has 160 valence electrons. The van der Waals surface area contributed by atoms with Crippen molar-refractivity contribution >= 4 is 17.5 Å². The highest BCUT2D eigenvalue weighted by molar-refractivity contribution is 5.99. The third-order valence-corrected chi connectivity index (χ3v) is 5.26. The Morgan fingerprint density at radius 1 is 1.00 bits per heavy atom. The van der Waals surface area contributed by atoms with Crippen molar-refractivity contribution in [3.05, 3.63) is 59.7 Å². The normalized spacial score (nSPS) is 14.3. The molecule has 7 heteroatoms. The largest absolute Gasteiger partial charge is 0.497 e. The van der Waals surface area contributed by atoms with Crippen LogP contribution < -0.4 is 20.3 Å². The molecule has 0 aromatic heterocycles. The van der Waals surface area contributed by atoms with Crippen LogP contribution in [0.1, 0.15) is 33.6 Å². The van der Waals surface area contributed by atoms with Crippen LogP contribution in [-0.4, -0.2) is 58.3 Å². The number of benzene rings is 2. The van der Waals surface area contributed by atoms with Crippen molar-refractivity contribution < 1.29 is 19.1 Å². The number of hydrogen-bond donors (Lipinski definition) is 2. The van der Waals surface area contributed by atoms with Gasteiger partial charge >= 0.3 is 0 Å². The van der Waals surface area contributed by atoms with Gasteiger partial charge in [0.05, 0.1) is 19.3 Å². The summed E-state index contributed by atoms with van der Waals surface area (Å²) in [5.74, 6) is 0.552. The van der Waals surface area contributed by atoms with Crippen LogP contribution in [0.5, 0.6) is 5.75 Å². The van der Waals surface area contributed by atoms with E-state index in [1.54, 1.807) is 38.5 Å². The van der Waals surface area contributed by atoms with E-state index in [1.165, 1.54) is 0 Å². The van der Waals surface area contributed by atoms with Gasteiger partial charge in [-0.3, -0.25) is 9.59 Å². The third-order valence-electron chi connectivity index (χ3n) is 5.26. The lowest BCUT2D eigenvalue weighted by molar-refractivity contribution is 0.0927. The molecule has 1 saturated heterocycles. The minimum atomic E-state index is -0.0995. The van der Waals surface area contributed by atoms with Gasteiger partial charge in [-0.15, -0.1) is 0 Å². The van der Waals surface area contributed by atoms with E-state index in [-0.39, 0.29) is 17.9 Å². The quantitative estimate of drug-likeness (QED) is 0.653. The Balaban J connectivity index is 1.56. The van der Waals surface area contributed by atoms with E-state index in [1.807, 2.05) is 24.3 Å². The molecule has 1 aliphatic rings. The SMILES string of the molecule is COCCNC(=O)c1ccccc1N1CCC(NC(=O)c2ccc(OC)cc2)CC1. The summed E-state index contributed by atoms with van der Waals surface area (Å²) in [7, 11) is 3.21. The van der Waals surface area contributed by atoms with E-state index in [4.69, 9.17) is 9.47 Å². The smallest absolute Gasteiger partial charge is 0.253 e. The predicted molar refractivity (Wildman–Crippen MR) is 116 cm³/mol. The van der Waals surface area contributed by atoms with Crippen LogP contribution in [0.4, 0.5) is 5.69 Å². The summed E-state index contributed by atoms with van der Waals surface area (Å²) in [6.07, 6.45) is 1.64. The van der Waals surface area contributed by atoms with E-state index in [0.717, 1.165) is 37.4 Å². The number of ether oxygens (including phenoxy) is 2. The van der Waals surface area contributed by atoms with Crippen molar-refractivity contribution in [3.63, 3.8) is 0 Å². The number of hydrogen-bond acceptors (Lipinski definition) is 5. The Morgan fingerprint density at radius 3 is 2.37 bits per heavy atom. The van der Waals surface area contributed by atoms with Gasteiger partial charge in [-0.2, -0.15) is 0 Å². The first-order valence-electron chi connectivity index (χ1n) is 10.2. The standard InChI is InChI=1S/C23H29N3O4/c1-29-16-13-24-23(28)20-5-3-4-6-21(20)26-14-11-18(12-15-26)25-22(27)17-7-9-19(30-2)10-8-17/h3-10,18H,11-16H2,1-2H3,(H,24,28)(H,25,27). The molecule has 3 rings (SSSR count). The van der Waals surface area contributed by atoms with Gasteiger partial charge in [-0.25, -0.2) is 0 Å². The molecule has 7 nitrogen and oxygen atoms in total. The maximum absolute atomic E-state index is 12.5. The molecule has 1 aliphatic heterocycles. The molecule has 0 unspecified atom stereocenters. The van der Waals surface area contributed by atoms with Crippen molar-refractivity contribution in [3.8, 4) is 5.75 Å². The molecule has 0 saturated carbocycles. The fraction of sp³-hybridized carbons (Fsp3) is 0.391. The molecule has 0 radical (unpaired) electrons. The summed E-state index contributed by atoms with van der Waals surface area (Å²) >= 11 is 0. The number of nitrogens with zero attached hydrogens (tertiary/aromatic N) is 1. The summed E-state index contributed by atoms with van der Waals surface area (Å²) in [6, 6.07) is 14.8. The summed E-state index contributed by atoms with van der Waals surface area (Å²) in [6.45, 7) is 2.50. The maximum Gasteiger partial charge on any atom is 0.253 e. The van der Waals surface area contributed by atoms with Gasteiger partial charge in [-0.05, 0) is 49.2 Å². The predicted octanol–water partition coefficient (Wildman–Crippen LogP) is 2.47. The number of amides is 2. The average Bonchev–Trinajstić information content (AvgIpc) is 2.79. The lowest BCUT2D eigenvalue weighted by Crippen LogP contribution is -2.45. The number of piperidine rings is 1. The molecule has 2 aromatic rings. The molecule has 2 aromatic carbocycles. The first-order chi connectivity index (χ1) is 14.6. The van der Waals surface area contributed by atoms with Gasteiger partial charge in [-0.1, -0.05) is 12.1 Å². The minimum absolute atomic E-state index is 0.0750. The summed E-state index contributed by atoms with van der Waals surface area (Å²) in [5.41, 5.74) is 2.21. The highest BCUT2D eigenvalue weighted by atomic mass is 16.5. The number of nitrogens with one attached hydrogen (secondary N) is 2. The molecule has 30 heavy (non-hydrogen) atoms. The fourth-order valence-electron chi connectivity index (χ4n) is 3.58. The highest BCUT2D eigenvalue weighted by Gasteiger charge is 2.24. The second-order valence-electron chi connectivity index (χ2n) is 7.23. The maximum atomic E-state index is 12.5. The molecule has 1 fully saturated rings. The van der Waals surface area contributed by atoms with E-state index in [0.29, 0.717) is 24.3 Å². The van der Waals surface area contributed by atoms with Crippen LogP contribution in [0, 0.1) is 0 Å². The summed E-state index contributed by atoms with van der Waals surface area (Å²) < 4.78 is 10.1. The molecular formula is C23H29N3O4. The minimum Gasteiger partial charge on any atom is -0.497 e. The van der Waals surface area contributed by atoms with Gasteiger partial charge in [0, 0.05) is 44.0 Å². The van der Waals surface area contributed by atoms with Crippen LogP contribution in [0.3, 0.4) is 0 Å². The first-order valence-corrected chi connectivity index (χ1v) is 10.2. The molecule has 1 heterocycles. The van der Waals surface area contributed by atoms with Gasteiger partial charge in [0.25, 0.3) is 11.8 Å². The van der Waals surface area contributed by atoms with Gasteiger partial charge in [0.1, 0.15) is 5.75 Å². The second-order valence-corrected chi connectivity index (χ2v) is 7.23. The molecule has 2 N–H and O–H groups in total. The zero-order chi connectivity index (χ0) is 21.3. The van der Waals surface area contributed by atoms with Crippen molar-refractivity contribution in [2.45, 2.75) is 18.9 Å². The van der Waals surface area contributed by atoms with Crippen LogP contribution in [0.15, 0.2) is 48.5 Å². The topological polar surface area (TPSA) is 79.9 Å². The number of methoxy groups -OCH3 is 2. The molecule has 0 atom stereocenters. The Bertz CT molecular complexity index is 846. The van der Waals surface area contributed by atoms with Gasteiger partial charge in [0.15, 0.2) is 0 Å². The van der Waals surface area contributed by atoms with Crippen molar-refractivity contribution in [1.82, 2.24) is 10.6 Å². The molecule has 0 spiro atoms. The fourth-order valence-corrected chi connectivity index (χ4v) is 3.58. The number of para-hydroxylation sites is 1. The lowest BCUT2D eigenvalue weighted by atomic mass is 10.0. The highest BCUT2D eigenvalue weighted by Crippen LogP contribution is 2.24.